The number of nitrogens with one attached hydrogen (secondary N) is 1. The fraction of sp³-hybridized carbons (Fsp3) is 0.320. The van der Waals surface area contributed by atoms with Gasteiger partial charge in [-0.2, -0.15) is 0 Å². The van der Waals surface area contributed by atoms with Crippen LogP contribution in [0.2, 0.25) is 0 Å². The third-order valence-electron chi connectivity index (χ3n) is 5.79. The average Bonchev–Trinajstić information content (AvgIpc) is 3.28. The number of methoxy groups -OCH3 is 1. The van der Waals surface area contributed by atoms with Crippen molar-refractivity contribution in [1.82, 2.24) is 14.9 Å². The molecule has 1 unspecified atom stereocenters. The minimum atomic E-state index is -0.204. The van der Waals surface area contributed by atoms with Gasteiger partial charge in [-0.15, -0.1) is 0 Å². The van der Waals surface area contributed by atoms with Crippen LogP contribution in [0.15, 0.2) is 60.8 Å². The number of amides is 1. The Morgan fingerprint density at radius 2 is 1.94 bits per heavy atom. The molecular formula is C25H28N4O2. The van der Waals surface area contributed by atoms with Crippen molar-refractivity contribution in [3.8, 4) is 5.75 Å². The molecule has 1 saturated heterocycles. The van der Waals surface area contributed by atoms with Crippen LogP contribution in [0.25, 0.3) is 0 Å². The number of carbonyl (C=O) groups excluding carboxylic acids is 1. The number of likely N-dealkylation sites (tertiary alicyclic amines) is 1. The van der Waals surface area contributed by atoms with Gasteiger partial charge in [0.05, 0.1) is 18.4 Å². The summed E-state index contributed by atoms with van der Waals surface area (Å²) in [6.07, 6.45) is 3.76. The van der Waals surface area contributed by atoms with E-state index in [1.165, 1.54) is 5.56 Å². The second-order valence-corrected chi connectivity index (χ2v) is 7.93. The molecule has 1 amide bonds. The lowest BCUT2D eigenvalue weighted by Gasteiger charge is -2.16. The average molecular weight is 417 g/mol. The lowest BCUT2D eigenvalue weighted by Crippen LogP contribution is -2.23. The molecule has 0 aliphatic carbocycles. The van der Waals surface area contributed by atoms with Crippen LogP contribution in [0.3, 0.4) is 0 Å². The Morgan fingerprint density at radius 1 is 1.16 bits per heavy atom. The molecule has 6 heteroatoms. The zero-order valence-corrected chi connectivity index (χ0v) is 18.0. The van der Waals surface area contributed by atoms with Gasteiger partial charge in [0, 0.05) is 30.9 Å². The zero-order chi connectivity index (χ0) is 21.6. The first kappa shape index (κ1) is 21.0. The fourth-order valence-corrected chi connectivity index (χ4v) is 3.96. The summed E-state index contributed by atoms with van der Waals surface area (Å²) in [4.78, 5) is 24.4. The van der Waals surface area contributed by atoms with Gasteiger partial charge in [-0.05, 0) is 56.1 Å². The summed E-state index contributed by atoms with van der Waals surface area (Å²) < 4.78 is 5.15. The van der Waals surface area contributed by atoms with E-state index in [1.807, 2.05) is 31.2 Å². The number of hydrogen-bond acceptors (Lipinski definition) is 5. The van der Waals surface area contributed by atoms with Crippen LogP contribution in [0, 0.1) is 6.92 Å². The van der Waals surface area contributed by atoms with Gasteiger partial charge in [-0.3, -0.25) is 4.79 Å². The Labute approximate surface area is 183 Å². The van der Waals surface area contributed by atoms with Crippen molar-refractivity contribution in [2.75, 3.05) is 32.1 Å². The maximum atomic E-state index is 12.7. The number of nitrogens with zero attached hydrogens (tertiary/aromatic N) is 3. The molecule has 1 aliphatic heterocycles. The molecule has 6 nitrogen and oxygen atoms in total. The molecule has 1 atom stereocenters. The second-order valence-electron chi connectivity index (χ2n) is 7.93. The Bertz CT molecular complexity index is 1020. The van der Waals surface area contributed by atoms with Gasteiger partial charge in [0.25, 0.3) is 5.91 Å². The van der Waals surface area contributed by atoms with Crippen LogP contribution in [0.4, 0.5) is 5.69 Å². The van der Waals surface area contributed by atoms with E-state index in [2.05, 4.69) is 50.5 Å². The minimum absolute atomic E-state index is 0.204. The van der Waals surface area contributed by atoms with Gasteiger partial charge in [0.2, 0.25) is 0 Å². The first-order chi connectivity index (χ1) is 15.1. The minimum Gasteiger partial charge on any atom is -0.497 e. The van der Waals surface area contributed by atoms with Crippen molar-refractivity contribution in [3.63, 3.8) is 0 Å². The normalized spacial score (nSPS) is 16.3. The van der Waals surface area contributed by atoms with E-state index in [0.717, 1.165) is 44.0 Å². The SMILES string of the molecule is COc1ccc(NC(=O)c2cnc(C3CCN(CCc4ccccc4)C3)nc2C)cc1. The van der Waals surface area contributed by atoms with E-state index in [9.17, 15) is 4.79 Å². The van der Waals surface area contributed by atoms with Crippen LogP contribution in [0.5, 0.6) is 5.75 Å². The van der Waals surface area contributed by atoms with E-state index in [4.69, 9.17) is 4.74 Å². The third kappa shape index (κ3) is 5.27. The van der Waals surface area contributed by atoms with Crippen molar-refractivity contribution in [1.29, 1.82) is 0 Å². The lowest BCUT2D eigenvalue weighted by molar-refractivity contribution is 0.102. The summed E-state index contributed by atoms with van der Waals surface area (Å²) in [5.74, 6) is 1.69. The standard InChI is InChI=1S/C25H28N4O2/c1-18-23(25(30)28-21-8-10-22(31-2)11-9-21)16-26-24(27-18)20-13-15-29(17-20)14-12-19-6-4-3-5-7-19/h3-11,16,20H,12-15,17H2,1-2H3,(H,28,30). The highest BCUT2D eigenvalue weighted by Gasteiger charge is 2.26. The molecule has 0 bridgehead atoms. The van der Waals surface area contributed by atoms with Crippen molar-refractivity contribution in [3.05, 3.63) is 83.4 Å². The number of anilines is 1. The van der Waals surface area contributed by atoms with Crippen LogP contribution in [-0.4, -0.2) is 47.5 Å². The Hall–Kier alpha value is -3.25. The third-order valence-corrected chi connectivity index (χ3v) is 5.79. The van der Waals surface area contributed by atoms with Gasteiger partial charge >= 0.3 is 0 Å². The van der Waals surface area contributed by atoms with Gasteiger partial charge < -0.3 is 15.0 Å². The number of ether oxygens (including phenoxy) is 1. The molecule has 1 aliphatic rings. The Balaban J connectivity index is 1.35. The van der Waals surface area contributed by atoms with Crippen LogP contribution < -0.4 is 10.1 Å². The van der Waals surface area contributed by atoms with Crippen LogP contribution in [0.1, 0.15) is 39.8 Å². The first-order valence-electron chi connectivity index (χ1n) is 10.7. The number of carbonyl (C=O) groups is 1. The monoisotopic (exact) mass is 416 g/mol. The molecular weight excluding hydrogens is 388 g/mol. The topological polar surface area (TPSA) is 67.3 Å². The highest BCUT2D eigenvalue weighted by molar-refractivity contribution is 6.04. The summed E-state index contributed by atoms with van der Waals surface area (Å²) in [6.45, 7) is 4.93. The fourth-order valence-electron chi connectivity index (χ4n) is 3.96. The van der Waals surface area contributed by atoms with Gasteiger partial charge in [-0.1, -0.05) is 30.3 Å². The van der Waals surface area contributed by atoms with Gasteiger partial charge in [0.15, 0.2) is 0 Å². The number of aryl methyl sites for hydroxylation is 1. The summed E-state index contributed by atoms with van der Waals surface area (Å²) in [7, 11) is 1.61. The summed E-state index contributed by atoms with van der Waals surface area (Å²) in [5, 5.41) is 2.90. The van der Waals surface area contributed by atoms with Crippen molar-refractivity contribution in [2.24, 2.45) is 0 Å². The van der Waals surface area contributed by atoms with Crippen molar-refractivity contribution < 1.29 is 9.53 Å². The molecule has 2 aromatic carbocycles. The lowest BCUT2D eigenvalue weighted by atomic mass is 10.1. The van der Waals surface area contributed by atoms with E-state index >= 15 is 0 Å². The molecule has 160 valence electrons. The number of rotatable bonds is 7. The van der Waals surface area contributed by atoms with E-state index in [-0.39, 0.29) is 5.91 Å². The first-order valence-corrected chi connectivity index (χ1v) is 10.7. The van der Waals surface area contributed by atoms with Gasteiger partial charge in [-0.25, -0.2) is 9.97 Å². The predicted octanol–water partition coefficient (Wildman–Crippen LogP) is 4.08. The smallest absolute Gasteiger partial charge is 0.259 e. The molecule has 2 heterocycles. The largest absolute Gasteiger partial charge is 0.497 e. The van der Waals surface area contributed by atoms with E-state index < -0.39 is 0 Å². The quantitative estimate of drug-likeness (QED) is 0.629. The molecule has 0 saturated carbocycles. The highest BCUT2D eigenvalue weighted by atomic mass is 16.5. The Kier molecular flexibility index (Phi) is 6.57. The maximum Gasteiger partial charge on any atom is 0.259 e. The van der Waals surface area contributed by atoms with E-state index in [0.29, 0.717) is 22.9 Å². The Morgan fingerprint density at radius 3 is 2.65 bits per heavy atom. The molecule has 31 heavy (non-hydrogen) atoms. The summed E-state index contributed by atoms with van der Waals surface area (Å²) >= 11 is 0. The molecule has 1 aromatic heterocycles. The molecule has 1 N–H and O–H groups in total. The van der Waals surface area contributed by atoms with Gasteiger partial charge in [0.1, 0.15) is 11.6 Å². The van der Waals surface area contributed by atoms with E-state index in [1.54, 1.807) is 13.3 Å². The predicted molar refractivity (Wildman–Crippen MR) is 122 cm³/mol. The number of hydrogen-bond donors (Lipinski definition) is 1. The van der Waals surface area contributed by atoms with Crippen LogP contribution in [-0.2, 0) is 6.42 Å². The second kappa shape index (κ2) is 9.71. The number of benzene rings is 2. The molecule has 1 fully saturated rings. The molecule has 3 aromatic rings. The number of aromatic nitrogens is 2. The van der Waals surface area contributed by atoms with Crippen molar-refractivity contribution in [2.45, 2.75) is 25.7 Å². The van der Waals surface area contributed by atoms with Crippen molar-refractivity contribution >= 4 is 11.6 Å². The molecule has 0 radical (unpaired) electrons. The van der Waals surface area contributed by atoms with Crippen LogP contribution >= 0.6 is 0 Å². The zero-order valence-electron chi connectivity index (χ0n) is 18.0. The summed E-state index contributed by atoms with van der Waals surface area (Å²) in [5.41, 5.74) is 3.28. The molecule has 0 spiro atoms. The maximum absolute atomic E-state index is 12.7. The highest BCUT2D eigenvalue weighted by Crippen LogP contribution is 2.25. The molecule has 4 rings (SSSR count). The summed E-state index contributed by atoms with van der Waals surface area (Å²) in [6, 6.07) is 17.8.